The van der Waals surface area contributed by atoms with Crippen LogP contribution in [0.3, 0.4) is 0 Å². The molecule has 5 rings (SSSR count). The normalized spacial score (nSPS) is 22.0. The fraction of sp³-hybridized carbons (Fsp3) is 0.708. The fourth-order valence-electron chi connectivity index (χ4n) is 5.05. The van der Waals surface area contributed by atoms with Crippen molar-refractivity contribution in [2.24, 2.45) is 11.3 Å². The van der Waals surface area contributed by atoms with Crippen LogP contribution >= 0.6 is 23.6 Å². The van der Waals surface area contributed by atoms with E-state index in [0.29, 0.717) is 11.3 Å². The quantitative estimate of drug-likeness (QED) is 0.672. The Labute approximate surface area is 195 Å². The van der Waals surface area contributed by atoms with Gasteiger partial charge in [0.25, 0.3) is 0 Å². The van der Waals surface area contributed by atoms with E-state index in [1.807, 2.05) is 11.3 Å². The maximum atomic E-state index is 5.55. The molecule has 5 nitrogen and oxygen atoms in total. The number of nitrogens with zero attached hydrogens (tertiary/aromatic N) is 4. The lowest BCUT2D eigenvalue weighted by Crippen LogP contribution is -2.52. The van der Waals surface area contributed by atoms with E-state index in [1.165, 1.54) is 48.1 Å². The summed E-state index contributed by atoms with van der Waals surface area (Å²) < 4.78 is 0. The smallest absolute Gasteiger partial charge is 0.169 e. The zero-order valence-corrected chi connectivity index (χ0v) is 21.0. The first kappa shape index (κ1) is 21.4. The summed E-state index contributed by atoms with van der Waals surface area (Å²) in [6.07, 6.45) is 6.13. The highest BCUT2D eigenvalue weighted by Crippen LogP contribution is 2.47. The number of aryl methyl sites for hydroxylation is 1. The molecule has 31 heavy (non-hydrogen) atoms. The highest BCUT2D eigenvalue weighted by molar-refractivity contribution is 7.80. The number of aromatic nitrogens is 2. The molecule has 1 atom stereocenters. The van der Waals surface area contributed by atoms with Gasteiger partial charge in [-0.05, 0) is 68.1 Å². The van der Waals surface area contributed by atoms with Gasteiger partial charge in [0.1, 0.15) is 16.5 Å². The monoisotopic (exact) mass is 457 g/mol. The number of nitrogens with one attached hydrogen (secondary N) is 1. The minimum Gasteiger partial charge on any atom is -0.363 e. The van der Waals surface area contributed by atoms with Crippen molar-refractivity contribution < 1.29 is 0 Å². The molecule has 2 fully saturated rings. The predicted octanol–water partition coefficient (Wildman–Crippen LogP) is 4.74. The Morgan fingerprint density at radius 1 is 1.13 bits per heavy atom. The Morgan fingerprint density at radius 2 is 1.87 bits per heavy atom. The first-order valence-electron chi connectivity index (χ1n) is 11.9. The number of thiocarbonyl (C=S) groups is 1. The van der Waals surface area contributed by atoms with E-state index in [9.17, 15) is 0 Å². The molecule has 0 amide bonds. The average molecular weight is 458 g/mol. The van der Waals surface area contributed by atoms with Crippen LogP contribution < -0.4 is 10.2 Å². The van der Waals surface area contributed by atoms with Gasteiger partial charge in [-0.2, -0.15) is 0 Å². The van der Waals surface area contributed by atoms with Crippen LogP contribution in [0.2, 0.25) is 0 Å². The Bertz CT molecular complexity index is 980. The third-order valence-electron chi connectivity index (χ3n) is 7.27. The van der Waals surface area contributed by atoms with Crippen LogP contribution in [0.25, 0.3) is 10.2 Å². The van der Waals surface area contributed by atoms with Crippen molar-refractivity contribution in [3.63, 3.8) is 0 Å². The number of rotatable bonds is 3. The third kappa shape index (κ3) is 4.15. The number of hydrogen-bond donors (Lipinski definition) is 1. The standard InChI is InChI=1S/C24H35N5S2/c1-5-25-23(30)29-12-10-28(11-13-29)21-19-17-9-8-16(24(2,3)4)14-18(17)31-22(19)27-20(26-21)15-6-7-15/h15-16H,5-14H2,1-4H3,(H,25,30)/t16-/m0/s1. The molecule has 0 unspecified atom stereocenters. The van der Waals surface area contributed by atoms with Crippen LogP contribution in [0.1, 0.15) is 69.1 Å². The van der Waals surface area contributed by atoms with Crippen LogP contribution in [0.4, 0.5) is 5.82 Å². The SMILES string of the molecule is CCNC(=S)N1CCN(c2nc(C3CC3)nc3sc4c(c23)CC[C@H](C(C)(C)C)C4)CC1. The molecule has 0 spiro atoms. The summed E-state index contributed by atoms with van der Waals surface area (Å²) in [4.78, 5) is 17.9. The number of hydrogen-bond acceptors (Lipinski definition) is 5. The molecular formula is C24H35N5S2. The van der Waals surface area contributed by atoms with E-state index >= 15 is 0 Å². The summed E-state index contributed by atoms with van der Waals surface area (Å²) in [5.74, 6) is 3.61. The van der Waals surface area contributed by atoms with Crippen molar-refractivity contribution in [3.8, 4) is 0 Å². The van der Waals surface area contributed by atoms with Crippen LogP contribution in [0.15, 0.2) is 0 Å². The average Bonchev–Trinajstić information content (AvgIpc) is 3.53. The summed E-state index contributed by atoms with van der Waals surface area (Å²) >= 11 is 7.50. The first-order chi connectivity index (χ1) is 14.8. The molecule has 2 aliphatic carbocycles. The molecule has 0 aromatic carbocycles. The molecule has 0 radical (unpaired) electrons. The van der Waals surface area contributed by atoms with Gasteiger partial charge in [-0.3, -0.25) is 0 Å². The third-order valence-corrected chi connectivity index (χ3v) is 8.82. The highest BCUT2D eigenvalue weighted by atomic mass is 32.1. The molecule has 2 aromatic rings. The Balaban J connectivity index is 1.48. The second kappa shape index (κ2) is 8.14. The molecule has 2 aromatic heterocycles. The molecule has 3 heterocycles. The second-order valence-electron chi connectivity index (χ2n) is 10.5. The van der Waals surface area contributed by atoms with Crippen molar-refractivity contribution in [1.29, 1.82) is 0 Å². The van der Waals surface area contributed by atoms with Gasteiger partial charge < -0.3 is 15.1 Å². The topological polar surface area (TPSA) is 44.3 Å². The van der Waals surface area contributed by atoms with Gasteiger partial charge in [-0.25, -0.2) is 9.97 Å². The molecular weight excluding hydrogens is 422 g/mol. The lowest BCUT2D eigenvalue weighted by Gasteiger charge is -2.37. The van der Waals surface area contributed by atoms with Gasteiger partial charge in [-0.1, -0.05) is 20.8 Å². The summed E-state index contributed by atoms with van der Waals surface area (Å²) in [7, 11) is 0. The van der Waals surface area contributed by atoms with Gasteiger partial charge in [0.05, 0.1) is 5.39 Å². The number of thiophene rings is 1. The van der Waals surface area contributed by atoms with E-state index in [2.05, 4.69) is 42.8 Å². The minimum atomic E-state index is 0.364. The van der Waals surface area contributed by atoms with Gasteiger partial charge in [0, 0.05) is 43.5 Å². The summed E-state index contributed by atoms with van der Waals surface area (Å²) in [5.41, 5.74) is 1.91. The lowest BCUT2D eigenvalue weighted by molar-refractivity contribution is 0.218. The van der Waals surface area contributed by atoms with E-state index in [4.69, 9.17) is 22.2 Å². The van der Waals surface area contributed by atoms with Gasteiger partial charge in [-0.15, -0.1) is 11.3 Å². The minimum absolute atomic E-state index is 0.364. The Kier molecular flexibility index (Phi) is 5.62. The predicted molar refractivity (Wildman–Crippen MR) is 134 cm³/mol. The number of fused-ring (bicyclic) bond motifs is 3. The lowest BCUT2D eigenvalue weighted by atomic mass is 9.72. The Morgan fingerprint density at radius 3 is 2.52 bits per heavy atom. The van der Waals surface area contributed by atoms with Crippen LogP contribution in [0, 0.1) is 11.3 Å². The molecule has 3 aliphatic rings. The molecule has 1 saturated carbocycles. The molecule has 1 saturated heterocycles. The van der Waals surface area contributed by atoms with Gasteiger partial charge in [0.2, 0.25) is 0 Å². The molecule has 168 valence electrons. The fourth-order valence-corrected chi connectivity index (χ4v) is 6.68. The van der Waals surface area contributed by atoms with Crippen LogP contribution in [0.5, 0.6) is 0 Å². The largest absolute Gasteiger partial charge is 0.363 e. The molecule has 0 bridgehead atoms. The highest BCUT2D eigenvalue weighted by Gasteiger charge is 2.35. The van der Waals surface area contributed by atoms with E-state index in [1.54, 1.807) is 10.4 Å². The number of anilines is 1. The summed E-state index contributed by atoms with van der Waals surface area (Å²) in [6, 6.07) is 0. The zero-order chi connectivity index (χ0) is 21.8. The van der Waals surface area contributed by atoms with Crippen molar-refractivity contribution in [2.45, 2.75) is 65.7 Å². The van der Waals surface area contributed by atoms with Crippen molar-refractivity contribution >= 4 is 44.7 Å². The van der Waals surface area contributed by atoms with Gasteiger partial charge >= 0.3 is 0 Å². The number of piperazine rings is 1. The molecule has 7 heteroatoms. The summed E-state index contributed by atoms with van der Waals surface area (Å²) in [5, 5.41) is 5.54. The molecule has 1 aliphatic heterocycles. The Hall–Kier alpha value is -1.47. The van der Waals surface area contributed by atoms with E-state index in [0.717, 1.165) is 49.6 Å². The van der Waals surface area contributed by atoms with Crippen molar-refractivity contribution in [2.75, 3.05) is 37.6 Å². The van der Waals surface area contributed by atoms with Crippen LogP contribution in [-0.4, -0.2) is 52.7 Å². The van der Waals surface area contributed by atoms with Gasteiger partial charge in [0.15, 0.2) is 5.11 Å². The molecule has 1 N–H and O–H groups in total. The zero-order valence-electron chi connectivity index (χ0n) is 19.3. The van der Waals surface area contributed by atoms with Crippen LogP contribution in [-0.2, 0) is 12.8 Å². The maximum absolute atomic E-state index is 5.55. The van der Waals surface area contributed by atoms with E-state index < -0.39 is 0 Å². The van der Waals surface area contributed by atoms with E-state index in [-0.39, 0.29) is 0 Å². The maximum Gasteiger partial charge on any atom is 0.169 e. The van der Waals surface area contributed by atoms with Crippen molar-refractivity contribution in [1.82, 2.24) is 20.2 Å². The summed E-state index contributed by atoms with van der Waals surface area (Å²) in [6.45, 7) is 14.0. The second-order valence-corrected chi connectivity index (χ2v) is 11.9. The van der Waals surface area contributed by atoms with Crippen molar-refractivity contribution in [3.05, 3.63) is 16.3 Å². The first-order valence-corrected chi connectivity index (χ1v) is 13.2.